The molecule has 2 aliphatic rings. The molecule has 0 aromatic carbocycles. The van der Waals surface area contributed by atoms with Crippen LogP contribution in [-0.2, 0) is 14.2 Å². The van der Waals surface area contributed by atoms with Gasteiger partial charge in [0.15, 0.2) is 12.2 Å². The number of hydrogen-bond acceptors (Lipinski definition) is 13. The van der Waals surface area contributed by atoms with Crippen LogP contribution in [0.25, 0.3) is 0 Å². The molecule has 2 heterocycles. The zero-order valence-corrected chi connectivity index (χ0v) is 13.0. The van der Waals surface area contributed by atoms with Gasteiger partial charge in [-0.05, 0) is 0 Å². The molecule has 0 spiro atoms. The van der Waals surface area contributed by atoms with Crippen LogP contribution in [-0.4, -0.2) is 115 Å². The average molecular weight is 372 g/mol. The van der Waals surface area contributed by atoms with Gasteiger partial charge >= 0.3 is 0 Å². The molecule has 2 saturated heterocycles. The Morgan fingerprint density at radius 2 is 1.00 bits per heavy atom. The number of ether oxygens (including phenoxy) is 3. The zero-order valence-electron chi connectivity index (χ0n) is 13.0. The van der Waals surface area contributed by atoms with Crippen molar-refractivity contribution in [1.29, 1.82) is 0 Å². The Morgan fingerprint density at radius 1 is 0.680 bits per heavy atom. The van der Waals surface area contributed by atoms with Gasteiger partial charge in [0.05, 0.1) is 13.2 Å². The van der Waals surface area contributed by atoms with Gasteiger partial charge in [0.1, 0.15) is 36.6 Å². The Morgan fingerprint density at radius 3 is 1.28 bits per heavy atom. The molecule has 0 saturated carbocycles. The minimum absolute atomic E-state index is 0.811. The fourth-order valence-corrected chi connectivity index (χ4v) is 2.75. The summed E-state index contributed by atoms with van der Waals surface area (Å²) in [6.45, 7) is -1.62. The van der Waals surface area contributed by atoms with E-state index >= 15 is 0 Å². The van der Waals surface area contributed by atoms with Crippen LogP contribution in [0.4, 0.5) is 0 Å². The van der Waals surface area contributed by atoms with E-state index in [1.807, 2.05) is 0 Å². The van der Waals surface area contributed by atoms with Crippen molar-refractivity contribution in [1.82, 2.24) is 0 Å². The van der Waals surface area contributed by atoms with Crippen LogP contribution < -0.4 is 11.5 Å². The van der Waals surface area contributed by atoms with Crippen molar-refractivity contribution in [3.05, 3.63) is 0 Å². The van der Waals surface area contributed by atoms with Gasteiger partial charge in [-0.2, -0.15) is 0 Å². The summed E-state index contributed by atoms with van der Waals surface area (Å²) in [6, 6.07) is 0. The Balaban J connectivity index is 2.28. The molecule has 25 heavy (non-hydrogen) atoms. The van der Waals surface area contributed by atoms with Crippen molar-refractivity contribution in [2.75, 3.05) is 13.2 Å². The van der Waals surface area contributed by atoms with Crippen LogP contribution in [0.2, 0.25) is 0 Å². The van der Waals surface area contributed by atoms with E-state index in [2.05, 4.69) is 0 Å². The second-order valence-electron chi connectivity index (χ2n) is 6.07. The Kier molecular flexibility index (Phi) is 6.02. The normalized spacial score (nSPS) is 54.5. The first-order valence-electron chi connectivity index (χ1n) is 7.44. The maximum Gasteiger partial charge on any atom is 0.258 e. The minimum Gasteiger partial charge on any atom is -0.394 e. The summed E-state index contributed by atoms with van der Waals surface area (Å²) in [5.41, 5.74) is 11.4. The molecular formula is C12H24N2O11. The van der Waals surface area contributed by atoms with Gasteiger partial charge in [-0.1, -0.05) is 0 Å². The fourth-order valence-electron chi connectivity index (χ4n) is 2.75. The molecule has 13 heteroatoms. The van der Waals surface area contributed by atoms with Crippen molar-refractivity contribution in [3.63, 3.8) is 0 Å². The third-order valence-electron chi connectivity index (χ3n) is 4.28. The maximum absolute atomic E-state index is 10.0. The van der Waals surface area contributed by atoms with E-state index in [0.29, 0.717) is 0 Å². The van der Waals surface area contributed by atoms with Gasteiger partial charge in [0, 0.05) is 0 Å². The van der Waals surface area contributed by atoms with E-state index in [9.17, 15) is 30.6 Å². The quantitative estimate of drug-likeness (QED) is 0.206. The largest absolute Gasteiger partial charge is 0.394 e. The van der Waals surface area contributed by atoms with Crippen molar-refractivity contribution in [2.45, 2.75) is 60.7 Å². The topological polar surface area (TPSA) is 242 Å². The predicted octanol–water partition coefficient (Wildman–Crippen LogP) is -6.82. The summed E-state index contributed by atoms with van der Waals surface area (Å²) in [5.74, 6) is -5.35. The summed E-state index contributed by atoms with van der Waals surface area (Å²) in [5, 5.41) is 77.5. The van der Waals surface area contributed by atoms with Gasteiger partial charge in [0.25, 0.3) is 11.8 Å². The monoisotopic (exact) mass is 372 g/mol. The first-order valence-corrected chi connectivity index (χ1v) is 7.44. The molecule has 2 unspecified atom stereocenters. The Bertz CT molecular complexity index is 428. The molecule has 2 aliphatic heterocycles. The predicted molar refractivity (Wildman–Crippen MR) is 74.9 cm³/mol. The van der Waals surface area contributed by atoms with Crippen LogP contribution in [0, 0.1) is 0 Å². The first-order chi connectivity index (χ1) is 11.5. The molecule has 12 N–H and O–H groups in total. The van der Waals surface area contributed by atoms with Gasteiger partial charge in [0.2, 0.25) is 0 Å². The standard InChI is InChI=1S/C12H24N2O11/c13-11(9(21)7(19)5(17)3(1-15)23-11)25-12(14)10(22)8(20)6(18)4(2-16)24-12/h3-10,15-22H,1-2,13-14H2/t3-,4-,5-,6-,7+,8+,9-,10-,11?,12?/m1/s1. The Labute approximate surface area is 141 Å². The second-order valence-corrected chi connectivity index (χ2v) is 6.07. The van der Waals surface area contributed by atoms with E-state index in [1.165, 1.54) is 0 Å². The lowest BCUT2D eigenvalue weighted by atomic mass is 9.95. The highest BCUT2D eigenvalue weighted by Gasteiger charge is 2.60. The van der Waals surface area contributed by atoms with Crippen LogP contribution in [0.5, 0.6) is 0 Å². The lowest BCUT2D eigenvalue weighted by Crippen LogP contribution is -2.77. The molecule has 0 aliphatic carbocycles. The molecule has 2 rings (SSSR count). The zero-order chi connectivity index (χ0) is 19.2. The third-order valence-corrected chi connectivity index (χ3v) is 4.28. The molecule has 2 fully saturated rings. The van der Waals surface area contributed by atoms with Crippen molar-refractivity contribution in [3.8, 4) is 0 Å². The highest BCUT2D eigenvalue weighted by Crippen LogP contribution is 2.35. The maximum atomic E-state index is 10.0. The molecular weight excluding hydrogens is 348 g/mol. The molecule has 148 valence electrons. The van der Waals surface area contributed by atoms with Crippen LogP contribution >= 0.6 is 0 Å². The van der Waals surface area contributed by atoms with Gasteiger partial charge < -0.3 is 50.3 Å². The number of aliphatic hydroxyl groups excluding tert-OH is 8. The summed E-state index contributed by atoms with van der Waals surface area (Å²) in [6.07, 6.45) is -14.4. The van der Waals surface area contributed by atoms with Gasteiger partial charge in [-0.3, -0.25) is 16.2 Å². The summed E-state index contributed by atoms with van der Waals surface area (Å²) in [4.78, 5) is 0. The highest BCUT2D eigenvalue weighted by atomic mass is 16.8. The lowest BCUT2D eigenvalue weighted by molar-refractivity contribution is -0.458. The first kappa shape index (κ1) is 20.8. The van der Waals surface area contributed by atoms with E-state index in [-0.39, 0.29) is 0 Å². The van der Waals surface area contributed by atoms with Crippen molar-refractivity contribution < 1.29 is 55.1 Å². The van der Waals surface area contributed by atoms with Crippen molar-refractivity contribution >= 4 is 0 Å². The molecule has 0 amide bonds. The number of rotatable bonds is 4. The van der Waals surface area contributed by atoms with Crippen molar-refractivity contribution in [2.24, 2.45) is 11.5 Å². The Hall–Kier alpha value is -0.520. The van der Waals surface area contributed by atoms with E-state index in [4.69, 9.17) is 35.9 Å². The SMILES string of the molecule is NC1(OC2(N)O[C@H](CO)[C@@H](O)[C@H](O)[C@H]2O)O[C@H](CO)[C@@H](O)[C@H](O)[C@H]1O. The van der Waals surface area contributed by atoms with E-state index < -0.39 is 73.9 Å². The van der Waals surface area contributed by atoms with E-state index in [1.54, 1.807) is 0 Å². The lowest BCUT2D eigenvalue weighted by Gasteiger charge is -2.52. The number of nitrogens with two attached hydrogens (primary N) is 2. The smallest absolute Gasteiger partial charge is 0.258 e. The fraction of sp³-hybridized carbons (Fsp3) is 1.00. The summed E-state index contributed by atoms with van der Waals surface area (Å²) < 4.78 is 15.1. The third kappa shape index (κ3) is 3.52. The van der Waals surface area contributed by atoms with Crippen LogP contribution in [0.1, 0.15) is 0 Å². The highest BCUT2D eigenvalue weighted by molar-refractivity contribution is 4.99. The van der Waals surface area contributed by atoms with Crippen LogP contribution in [0.15, 0.2) is 0 Å². The van der Waals surface area contributed by atoms with E-state index in [0.717, 1.165) is 0 Å². The van der Waals surface area contributed by atoms with Crippen LogP contribution in [0.3, 0.4) is 0 Å². The molecule has 13 nitrogen and oxygen atoms in total. The minimum atomic E-state index is -2.68. The van der Waals surface area contributed by atoms with Gasteiger partial charge in [-0.15, -0.1) is 0 Å². The van der Waals surface area contributed by atoms with Gasteiger partial charge in [-0.25, -0.2) is 0 Å². The molecule has 0 radical (unpaired) electrons. The number of aliphatic hydroxyl groups is 8. The molecule has 10 atom stereocenters. The summed E-state index contributed by atoms with van der Waals surface area (Å²) >= 11 is 0. The molecule has 0 aromatic heterocycles. The molecule has 0 aromatic rings. The average Bonchev–Trinajstić information content (AvgIpc) is 2.58. The summed E-state index contributed by atoms with van der Waals surface area (Å²) in [7, 11) is 0. The molecule has 0 bridgehead atoms. The number of hydrogen-bond donors (Lipinski definition) is 10. The second kappa shape index (κ2) is 7.24.